The van der Waals surface area contributed by atoms with Gasteiger partial charge in [0.2, 0.25) is 0 Å². The second-order valence-electron chi connectivity index (χ2n) is 6.08. The predicted molar refractivity (Wildman–Crippen MR) is 94.8 cm³/mol. The molecule has 4 nitrogen and oxygen atoms in total. The van der Waals surface area contributed by atoms with Gasteiger partial charge in [0.25, 0.3) is 0 Å². The van der Waals surface area contributed by atoms with Gasteiger partial charge in [-0.1, -0.05) is 30.3 Å². The number of aliphatic hydroxyl groups is 1. The maximum absolute atomic E-state index is 9.24. The van der Waals surface area contributed by atoms with E-state index in [1.165, 1.54) is 16.7 Å². The molecule has 1 aliphatic rings. The lowest BCUT2D eigenvalue weighted by Crippen LogP contribution is -2.37. The van der Waals surface area contributed by atoms with Crippen LogP contribution in [0.15, 0.2) is 42.5 Å². The highest BCUT2D eigenvalue weighted by molar-refractivity contribution is 5.51. The summed E-state index contributed by atoms with van der Waals surface area (Å²) in [5.74, 6) is 1.55. The average Bonchev–Trinajstić information content (AvgIpc) is 2.65. The van der Waals surface area contributed by atoms with Gasteiger partial charge in [-0.15, -0.1) is 0 Å². The van der Waals surface area contributed by atoms with E-state index >= 15 is 0 Å². The molecule has 0 aromatic heterocycles. The van der Waals surface area contributed by atoms with Gasteiger partial charge in [0.1, 0.15) is 0 Å². The Hall–Kier alpha value is -2.04. The SMILES string of the molecule is COc1cc2c(cc1OC)[C@H](c1ccccc1)N(CCCO)CC2. The van der Waals surface area contributed by atoms with Crippen molar-refractivity contribution < 1.29 is 14.6 Å². The number of rotatable bonds is 6. The molecule has 1 heterocycles. The van der Waals surface area contributed by atoms with Crippen molar-refractivity contribution in [3.05, 3.63) is 59.2 Å². The maximum atomic E-state index is 9.24. The van der Waals surface area contributed by atoms with Crippen LogP contribution < -0.4 is 9.47 Å². The van der Waals surface area contributed by atoms with E-state index in [9.17, 15) is 5.11 Å². The molecule has 1 atom stereocenters. The Morgan fingerprint density at radius 1 is 1.08 bits per heavy atom. The third-order valence-electron chi connectivity index (χ3n) is 4.69. The van der Waals surface area contributed by atoms with E-state index in [1.807, 2.05) is 6.07 Å². The summed E-state index contributed by atoms with van der Waals surface area (Å²) in [5.41, 5.74) is 3.84. The molecule has 1 N–H and O–H groups in total. The van der Waals surface area contributed by atoms with Crippen molar-refractivity contribution in [1.29, 1.82) is 0 Å². The summed E-state index contributed by atoms with van der Waals surface area (Å²) in [6, 6.07) is 14.9. The van der Waals surface area contributed by atoms with Crippen LogP contribution in [0.3, 0.4) is 0 Å². The minimum atomic E-state index is 0.182. The Morgan fingerprint density at radius 2 is 1.79 bits per heavy atom. The smallest absolute Gasteiger partial charge is 0.161 e. The highest BCUT2D eigenvalue weighted by atomic mass is 16.5. The van der Waals surface area contributed by atoms with Crippen LogP contribution in [0, 0.1) is 0 Å². The molecular formula is C20H25NO3. The van der Waals surface area contributed by atoms with Crippen LogP contribution in [-0.2, 0) is 6.42 Å². The Balaban J connectivity index is 2.07. The molecule has 0 aliphatic carbocycles. The number of hydrogen-bond donors (Lipinski definition) is 1. The van der Waals surface area contributed by atoms with Crippen molar-refractivity contribution in [2.24, 2.45) is 0 Å². The van der Waals surface area contributed by atoms with Crippen molar-refractivity contribution in [3.63, 3.8) is 0 Å². The summed E-state index contributed by atoms with van der Waals surface area (Å²) < 4.78 is 11.0. The number of aliphatic hydroxyl groups excluding tert-OH is 1. The van der Waals surface area contributed by atoms with E-state index in [0.717, 1.165) is 37.4 Å². The van der Waals surface area contributed by atoms with Gasteiger partial charge in [-0.25, -0.2) is 0 Å². The minimum Gasteiger partial charge on any atom is -0.493 e. The largest absolute Gasteiger partial charge is 0.493 e. The quantitative estimate of drug-likeness (QED) is 0.885. The Bertz CT molecular complexity index is 672. The molecule has 2 aromatic carbocycles. The third kappa shape index (κ3) is 3.25. The first kappa shape index (κ1) is 16.8. The van der Waals surface area contributed by atoms with Gasteiger partial charge in [0.05, 0.1) is 20.3 Å². The topological polar surface area (TPSA) is 41.9 Å². The fraction of sp³-hybridized carbons (Fsp3) is 0.400. The van der Waals surface area contributed by atoms with Crippen LogP contribution in [0.4, 0.5) is 0 Å². The third-order valence-corrected chi connectivity index (χ3v) is 4.69. The monoisotopic (exact) mass is 327 g/mol. The van der Waals surface area contributed by atoms with Gasteiger partial charge < -0.3 is 14.6 Å². The number of hydrogen-bond acceptors (Lipinski definition) is 4. The molecule has 0 saturated carbocycles. The van der Waals surface area contributed by atoms with Crippen LogP contribution in [-0.4, -0.2) is 43.9 Å². The van der Waals surface area contributed by atoms with Crippen molar-refractivity contribution in [1.82, 2.24) is 4.90 Å². The van der Waals surface area contributed by atoms with Gasteiger partial charge >= 0.3 is 0 Å². The lowest BCUT2D eigenvalue weighted by Gasteiger charge is -2.38. The van der Waals surface area contributed by atoms with E-state index in [4.69, 9.17) is 9.47 Å². The number of nitrogens with zero attached hydrogens (tertiary/aromatic N) is 1. The summed E-state index contributed by atoms with van der Waals surface area (Å²) in [7, 11) is 3.35. The van der Waals surface area contributed by atoms with E-state index in [0.29, 0.717) is 0 Å². The lowest BCUT2D eigenvalue weighted by atomic mass is 9.87. The van der Waals surface area contributed by atoms with E-state index in [1.54, 1.807) is 14.2 Å². The van der Waals surface area contributed by atoms with Crippen LogP contribution in [0.1, 0.15) is 29.2 Å². The molecule has 128 valence electrons. The summed E-state index contributed by atoms with van der Waals surface area (Å²) in [5, 5.41) is 9.24. The molecule has 1 aliphatic heterocycles. The fourth-order valence-electron chi connectivity index (χ4n) is 3.54. The van der Waals surface area contributed by atoms with Gasteiger partial charge in [0.15, 0.2) is 11.5 Å². The Morgan fingerprint density at radius 3 is 2.46 bits per heavy atom. The average molecular weight is 327 g/mol. The van der Waals surface area contributed by atoms with Crippen molar-refractivity contribution >= 4 is 0 Å². The highest BCUT2D eigenvalue weighted by Crippen LogP contribution is 2.40. The van der Waals surface area contributed by atoms with Gasteiger partial charge in [-0.2, -0.15) is 0 Å². The van der Waals surface area contributed by atoms with Crippen LogP contribution in [0.2, 0.25) is 0 Å². The molecule has 0 saturated heterocycles. The zero-order valence-corrected chi connectivity index (χ0v) is 14.4. The first-order valence-corrected chi connectivity index (χ1v) is 8.43. The highest BCUT2D eigenvalue weighted by Gasteiger charge is 2.29. The van der Waals surface area contributed by atoms with E-state index < -0.39 is 0 Å². The summed E-state index contributed by atoms with van der Waals surface area (Å²) in [6.07, 6.45) is 1.76. The summed E-state index contributed by atoms with van der Waals surface area (Å²) in [4.78, 5) is 2.44. The fourth-order valence-corrected chi connectivity index (χ4v) is 3.54. The normalized spacial score (nSPS) is 17.4. The van der Waals surface area contributed by atoms with Crippen molar-refractivity contribution in [2.75, 3.05) is 33.9 Å². The van der Waals surface area contributed by atoms with Crippen molar-refractivity contribution in [3.8, 4) is 11.5 Å². The number of benzene rings is 2. The molecule has 0 unspecified atom stereocenters. The molecule has 0 amide bonds. The molecule has 2 aromatic rings. The van der Waals surface area contributed by atoms with Crippen LogP contribution in [0.5, 0.6) is 11.5 Å². The molecule has 3 rings (SSSR count). The Labute approximate surface area is 143 Å². The first-order chi connectivity index (χ1) is 11.8. The second kappa shape index (κ2) is 7.69. The van der Waals surface area contributed by atoms with E-state index in [-0.39, 0.29) is 12.6 Å². The zero-order chi connectivity index (χ0) is 16.9. The molecular weight excluding hydrogens is 302 g/mol. The van der Waals surface area contributed by atoms with Gasteiger partial charge in [-0.05, 0) is 41.7 Å². The molecule has 4 heteroatoms. The molecule has 0 bridgehead atoms. The zero-order valence-electron chi connectivity index (χ0n) is 14.4. The van der Waals surface area contributed by atoms with Crippen molar-refractivity contribution in [2.45, 2.75) is 18.9 Å². The van der Waals surface area contributed by atoms with Gasteiger partial charge in [0, 0.05) is 19.7 Å². The Kier molecular flexibility index (Phi) is 5.38. The van der Waals surface area contributed by atoms with E-state index in [2.05, 4.69) is 41.3 Å². The maximum Gasteiger partial charge on any atom is 0.161 e. The number of fused-ring (bicyclic) bond motifs is 1. The number of ether oxygens (including phenoxy) is 2. The van der Waals surface area contributed by atoms with Gasteiger partial charge in [-0.3, -0.25) is 4.90 Å². The first-order valence-electron chi connectivity index (χ1n) is 8.43. The van der Waals surface area contributed by atoms with Crippen LogP contribution >= 0.6 is 0 Å². The molecule has 0 radical (unpaired) electrons. The summed E-state index contributed by atoms with van der Waals surface area (Å²) >= 11 is 0. The number of methoxy groups -OCH3 is 2. The lowest BCUT2D eigenvalue weighted by molar-refractivity contribution is 0.185. The standard InChI is InChI=1S/C20H25NO3/c1-23-18-13-16-9-11-21(10-6-12-22)20(15-7-4-3-5-8-15)17(16)14-19(18)24-2/h3-5,7-8,13-14,20,22H,6,9-12H2,1-2H3/t20-/m0/s1. The molecule has 0 spiro atoms. The second-order valence-corrected chi connectivity index (χ2v) is 6.08. The molecule has 0 fully saturated rings. The van der Waals surface area contributed by atoms with Crippen LogP contribution in [0.25, 0.3) is 0 Å². The summed E-state index contributed by atoms with van der Waals surface area (Å²) in [6.45, 7) is 2.07. The minimum absolute atomic E-state index is 0.182. The molecule has 24 heavy (non-hydrogen) atoms. The predicted octanol–water partition coefficient (Wildman–Crippen LogP) is 3.03.